The topological polar surface area (TPSA) is 48.0 Å². The fourth-order valence-electron chi connectivity index (χ4n) is 1.07. The van der Waals surface area contributed by atoms with E-state index in [9.17, 15) is 4.79 Å². The lowest BCUT2D eigenvalue weighted by Crippen LogP contribution is -2.13. The van der Waals surface area contributed by atoms with Gasteiger partial charge in [-0.15, -0.1) is 0 Å². The lowest BCUT2D eigenvalue weighted by Gasteiger charge is -1.99. The summed E-state index contributed by atoms with van der Waals surface area (Å²) < 4.78 is 1.76. The minimum atomic E-state index is 0.108. The van der Waals surface area contributed by atoms with E-state index in [1.165, 1.54) is 11.3 Å². The number of aryl methyl sites for hydroxylation is 1. The van der Waals surface area contributed by atoms with Gasteiger partial charge in [-0.1, -0.05) is 23.5 Å². The third kappa shape index (κ3) is 2.29. The summed E-state index contributed by atoms with van der Waals surface area (Å²) >= 11 is 1.30. The summed E-state index contributed by atoms with van der Waals surface area (Å²) in [7, 11) is 0. The number of nitrogens with zero attached hydrogens (tertiary/aromatic N) is 1. The Kier molecular flexibility index (Phi) is 3.45. The maximum atomic E-state index is 11.4. The number of aromatic nitrogens is 1. The highest BCUT2D eigenvalue weighted by atomic mass is 32.1. The lowest BCUT2D eigenvalue weighted by molar-refractivity contribution is 0.768. The van der Waals surface area contributed by atoms with Crippen molar-refractivity contribution in [2.45, 2.75) is 20.4 Å². The average Bonchev–Trinajstić information content (AvgIpc) is 2.32. The summed E-state index contributed by atoms with van der Waals surface area (Å²) in [4.78, 5) is 12.6. The molecule has 1 rings (SSSR count). The SMILES string of the molecule is Cc1sc(=O)n(CC=CCN)c1C. The van der Waals surface area contributed by atoms with E-state index in [4.69, 9.17) is 5.73 Å². The van der Waals surface area contributed by atoms with Crippen LogP contribution in [-0.2, 0) is 6.54 Å². The maximum absolute atomic E-state index is 11.4. The van der Waals surface area contributed by atoms with Crippen molar-refractivity contribution in [2.75, 3.05) is 6.54 Å². The second-order valence-electron chi connectivity index (χ2n) is 2.83. The number of hydrogen-bond acceptors (Lipinski definition) is 3. The zero-order valence-electron chi connectivity index (χ0n) is 7.91. The maximum Gasteiger partial charge on any atom is 0.307 e. The molecular weight excluding hydrogens is 184 g/mol. The van der Waals surface area contributed by atoms with Gasteiger partial charge in [-0.2, -0.15) is 0 Å². The van der Waals surface area contributed by atoms with Gasteiger partial charge >= 0.3 is 4.87 Å². The van der Waals surface area contributed by atoms with Crippen LogP contribution in [0.25, 0.3) is 0 Å². The zero-order chi connectivity index (χ0) is 9.84. The first kappa shape index (κ1) is 10.2. The van der Waals surface area contributed by atoms with Crippen LogP contribution in [-0.4, -0.2) is 11.1 Å². The Morgan fingerprint density at radius 3 is 2.62 bits per heavy atom. The molecule has 0 radical (unpaired) electrons. The summed E-state index contributed by atoms with van der Waals surface area (Å²) in [5.41, 5.74) is 6.35. The highest BCUT2D eigenvalue weighted by Gasteiger charge is 2.04. The molecular formula is C9H14N2OS. The van der Waals surface area contributed by atoms with Crippen molar-refractivity contribution in [1.29, 1.82) is 0 Å². The van der Waals surface area contributed by atoms with Gasteiger partial charge in [-0.3, -0.25) is 9.36 Å². The van der Waals surface area contributed by atoms with Crippen molar-refractivity contribution in [3.63, 3.8) is 0 Å². The number of allylic oxidation sites excluding steroid dienone is 1. The first-order valence-electron chi connectivity index (χ1n) is 4.18. The lowest BCUT2D eigenvalue weighted by atomic mass is 10.4. The van der Waals surface area contributed by atoms with E-state index in [1.54, 1.807) is 4.57 Å². The van der Waals surface area contributed by atoms with Crippen LogP contribution in [0.4, 0.5) is 0 Å². The number of hydrogen-bond donors (Lipinski definition) is 1. The molecule has 3 nitrogen and oxygen atoms in total. The summed E-state index contributed by atoms with van der Waals surface area (Å²) in [6, 6.07) is 0. The highest BCUT2D eigenvalue weighted by Crippen LogP contribution is 2.08. The quantitative estimate of drug-likeness (QED) is 0.738. The fourth-order valence-corrected chi connectivity index (χ4v) is 1.92. The summed E-state index contributed by atoms with van der Waals surface area (Å²) in [6.07, 6.45) is 3.78. The second-order valence-corrected chi connectivity index (χ2v) is 3.99. The molecule has 1 aromatic rings. The van der Waals surface area contributed by atoms with Gasteiger partial charge in [0.2, 0.25) is 0 Å². The molecule has 0 saturated heterocycles. The highest BCUT2D eigenvalue weighted by molar-refractivity contribution is 7.09. The van der Waals surface area contributed by atoms with Crippen molar-refractivity contribution < 1.29 is 0 Å². The summed E-state index contributed by atoms with van der Waals surface area (Å²) in [6.45, 7) is 5.08. The molecule has 0 bridgehead atoms. The molecule has 0 aliphatic heterocycles. The fraction of sp³-hybridized carbons (Fsp3) is 0.444. The van der Waals surface area contributed by atoms with Crippen LogP contribution in [0.2, 0.25) is 0 Å². The van der Waals surface area contributed by atoms with E-state index in [-0.39, 0.29) is 4.87 Å². The molecule has 0 saturated carbocycles. The van der Waals surface area contributed by atoms with Crippen molar-refractivity contribution in [1.82, 2.24) is 4.57 Å². The van der Waals surface area contributed by atoms with Gasteiger partial charge in [0.1, 0.15) is 0 Å². The molecule has 0 amide bonds. The molecule has 1 aromatic heterocycles. The molecule has 0 aromatic carbocycles. The molecule has 0 aliphatic rings. The largest absolute Gasteiger partial charge is 0.327 e. The van der Waals surface area contributed by atoms with Gasteiger partial charge in [0, 0.05) is 23.7 Å². The smallest absolute Gasteiger partial charge is 0.307 e. The van der Waals surface area contributed by atoms with Gasteiger partial charge < -0.3 is 5.73 Å². The average molecular weight is 198 g/mol. The minimum Gasteiger partial charge on any atom is -0.327 e. The number of thiazole rings is 1. The van der Waals surface area contributed by atoms with Gasteiger partial charge in [-0.05, 0) is 13.8 Å². The van der Waals surface area contributed by atoms with E-state index in [1.807, 2.05) is 26.0 Å². The number of rotatable bonds is 3. The van der Waals surface area contributed by atoms with Crippen molar-refractivity contribution in [3.8, 4) is 0 Å². The zero-order valence-corrected chi connectivity index (χ0v) is 8.73. The Morgan fingerprint density at radius 1 is 1.46 bits per heavy atom. The summed E-state index contributed by atoms with van der Waals surface area (Å²) in [5.74, 6) is 0. The first-order valence-corrected chi connectivity index (χ1v) is 5.00. The molecule has 4 heteroatoms. The molecule has 13 heavy (non-hydrogen) atoms. The van der Waals surface area contributed by atoms with Crippen molar-refractivity contribution >= 4 is 11.3 Å². The molecule has 2 N–H and O–H groups in total. The van der Waals surface area contributed by atoms with E-state index < -0.39 is 0 Å². The Labute approximate surface area is 81.5 Å². The minimum absolute atomic E-state index is 0.108. The van der Waals surface area contributed by atoms with Crippen LogP contribution in [0.3, 0.4) is 0 Å². The molecule has 0 aliphatic carbocycles. The molecule has 0 spiro atoms. The Bertz CT molecular complexity index is 362. The molecule has 0 atom stereocenters. The second kappa shape index (κ2) is 4.39. The van der Waals surface area contributed by atoms with Gasteiger partial charge in [0.25, 0.3) is 0 Å². The van der Waals surface area contributed by atoms with Crippen molar-refractivity contribution in [2.24, 2.45) is 5.73 Å². The van der Waals surface area contributed by atoms with Crippen LogP contribution in [0, 0.1) is 13.8 Å². The third-order valence-corrected chi connectivity index (χ3v) is 2.96. The van der Waals surface area contributed by atoms with E-state index in [0.29, 0.717) is 13.1 Å². The van der Waals surface area contributed by atoms with Crippen LogP contribution in [0.15, 0.2) is 16.9 Å². The van der Waals surface area contributed by atoms with Crippen LogP contribution < -0.4 is 10.6 Å². The summed E-state index contributed by atoms with van der Waals surface area (Å²) in [5, 5.41) is 0. The third-order valence-electron chi connectivity index (χ3n) is 1.97. The Morgan fingerprint density at radius 2 is 2.15 bits per heavy atom. The normalized spacial score (nSPS) is 11.3. The standard InChI is InChI=1S/C9H14N2OS/c1-7-8(2)13-9(12)11(7)6-4-3-5-10/h3-4H,5-6,10H2,1-2H3. The molecule has 72 valence electrons. The van der Waals surface area contributed by atoms with E-state index >= 15 is 0 Å². The number of nitrogens with two attached hydrogens (primary N) is 1. The van der Waals surface area contributed by atoms with E-state index in [2.05, 4.69) is 0 Å². The Balaban J connectivity index is 2.88. The Hall–Kier alpha value is -0.870. The van der Waals surface area contributed by atoms with E-state index in [0.717, 1.165) is 10.6 Å². The van der Waals surface area contributed by atoms with Gasteiger partial charge in [-0.25, -0.2) is 0 Å². The van der Waals surface area contributed by atoms with Gasteiger partial charge in [0.15, 0.2) is 0 Å². The molecule has 0 unspecified atom stereocenters. The van der Waals surface area contributed by atoms with Crippen LogP contribution in [0.5, 0.6) is 0 Å². The monoisotopic (exact) mass is 198 g/mol. The van der Waals surface area contributed by atoms with Gasteiger partial charge in [0.05, 0.1) is 0 Å². The van der Waals surface area contributed by atoms with Crippen molar-refractivity contribution in [3.05, 3.63) is 32.4 Å². The predicted molar refractivity (Wildman–Crippen MR) is 56.2 cm³/mol. The first-order chi connectivity index (χ1) is 6.16. The van der Waals surface area contributed by atoms with Crippen LogP contribution in [0.1, 0.15) is 10.6 Å². The molecule has 0 fully saturated rings. The molecule has 1 heterocycles. The predicted octanol–water partition coefficient (Wildman–Crippen LogP) is 1.04. The van der Waals surface area contributed by atoms with Crippen LogP contribution >= 0.6 is 11.3 Å².